The van der Waals surface area contributed by atoms with E-state index in [0.717, 1.165) is 22.1 Å². The Morgan fingerprint density at radius 2 is 1.90 bits per heavy atom. The monoisotopic (exact) mass is 289 g/mol. The van der Waals surface area contributed by atoms with Crippen LogP contribution in [-0.2, 0) is 4.74 Å². The Balaban J connectivity index is 2.35. The van der Waals surface area contributed by atoms with Crippen LogP contribution < -0.4 is 10.5 Å². The zero-order valence-corrected chi connectivity index (χ0v) is 12.6. The van der Waals surface area contributed by atoms with Gasteiger partial charge in [0.1, 0.15) is 16.8 Å². The van der Waals surface area contributed by atoms with Crippen LogP contribution in [0.1, 0.15) is 19.4 Å². The third kappa shape index (κ3) is 3.26. The Hall–Kier alpha value is -1.65. The van der Waals surface area contributed by atoms with E-state index in [4.69, 9.17) is 27.4 Å². The summed E-state index contributed by atoms with van der Waals surface area (Å²) < 4.78 is 11.3. The molecule has 0 spiro atoms. The smallest absolute Gasteiger partial charge is 0.127 e. The van der Waals surface area contributed by atoms with Crippen molar-refractivity contribution in [2.75, 3.05) is 13.2 Å². The Bertz CT molecular complexity index is 612. The summed E-state index contributed by atoms with van der Waals surface area (Å²) in [6.45, 7) is 5.22. The normalized spacial score (nSPS) is 12.3. The molecule has 1 unspecified atom stereocenters. The third-order valence-corrected chi connectivity index (χ3v) is 3.25. The van der Waals surface area contributed by atoms with Crippen LogP contribution in [0.15, 0.2) is 36.4 Å². The van der Waals surface area contributed by atoms with E-state index in [9.17, 15) is 0 Å². The fraction of sp³-hybridized carbons (Fsp3) is 0.312. The molecular weight excluding hydrogens is 270 g/mol. The SMILES string of the molecule is CCOCC(C)Oc1ccc(C(N)=S)c2ccccc12. The lowest BCUT2D eigenvalue weighted by Crippen LogP contribution is -2.19. The second kappa shape index (κ2) is 6.68. The highest BCUT2D eigenvalue weighted by Crippen LogP contribution is 2.29. The number of rotatable bonds is 6. The number of hydrogen-bond donors (Lipinski definition) is 1. The molecule has 2 N–H and O–H groups in total. The minimum Gasteiger partial charge on any atom is -0.488 e. The minimum atomic E-state index is -0.00552. The minimum absolute atomic E-state index is 0.00552. The Morgan fingerprint density at radius 1 is 1.20 bits per heavy atom. The quantitative estimate of drug-likeness (QED) is 0.829. The molecule has 0 aliphatic heterocycles. The van der Waals surface area contributed by atoms with E-state index in [1.807, 2.05) is 50.2 Å². The zero-order chi connectivity index (χ0) is 14.5. The average molecular weight is 289 g/mol. The fourth-order valence-corrected chi connectivity index (χ4v) is 2.30. The first kappa shape index (κ1) is 14.8. The molecule has 0 amide bonds. The summed E-state index contributed by atoms with van der Waals surface area (Å²) in [5.41, 5.74) is 6.64. The number of hydrogen-bond acceptors (Lipinski definition) is 3. The lowest BCUT2D eigenvalue weighted by molar-refractivity contribution is 0.0665. The molecule has 2 rings (SSSR count). The maximum absolute atomic E-state index is 5.96. The molecule has 20 heavy (non-hydrogen) atoms. The lowest BCUT2D eigenvalue weighted by atomic mass is 10.0. The second-order valence-electron chi connectivity index (χ2n) is 4.61. The van der Waals surface area contributed by atoms with E-state index in [-0.39, 0.29) is 6.10 Å². The van der Waals surface area contributed by atoms with Crippen LogP contribution in [-0.4, -0.2) is 24.3 Å². The van der Waals surface area contributed by atoms with Crippen LogP contribution in [0.3, 0.4) is 0 Å². The van der Waals surface area contributed by atoms with Crippen molar-refractivity contribution in [1.82, 2.24) is 0 Å². The molecule has 2 aromatic carbocycles. The first-order chi connectivity index (χ1) is 9.63. The summed E-state index contributed by atoms with van der Waals surface area (Å²) in [6, 6.07) is 11.8. The first-order valence-corrected chi connectivity index (χ1v) is 7.10. The standard InChI is InChI=1S/C16H19NO2S/c1-3-18-10-11(2)19-15-9-8-14(16(17)20)12-6-4-5-7-13(12)15/h4-9,11H,3,10H2,1-2H3,(H2,17,20). The molecule has 0 bridgehead atoms. The molecule has 4 heteroatoms. The van der Waals surface area contributed by atoms with Gasteiger partial charge in [0.25, 0.3) is 0 Å². The van der Waals surface area contributed by atoms with Gasteiger partial charge >= 0.3 is 0 Å². The van der Waals surface area contributed by atoms with Crippen molar-refractivity contribution in [2.24, 2.45) is 5.73 Å². The van der Waals surface area contributed by atoms with Gasteiger partial charge in [-0.05, 0) is 31.4 Å². The zero-order valence-electron chi connectivity index (χ0n) is 11.8. The highest BCUT2D eigenvalue weighted by Gasteiger charge is 2.11. The van der Waals surface area contributed by atoms with Crippen molar-refractivity contribution in [1.29, 1.82) is 0 Å². The van der Waals surface area contributed by atoms with Crippen molar-refractivity contribution in [3.8, 4) is 5.75 Å². The molecule has 2 aromatic rings. The number of nitrogens with two attached hydrogens (primary N) is 1. The molecule has 0 aliphatic carbocycles. The molecule has 0 saturated carbocycles. The predicted octanol–water partition coefficient (Wildman–Crippen LogP) is 3.28. The first-order valence-electron chi connectivity index (χ1n) is 6.69. The number of benzene rings is 2. The van der Waals surface area contributed by atoms with Gasteiger partial charge in [-0.15, -0.1) is 0 Å². The molecule has 0 heterocycles. The topological polar surface area (TPSA) is 44.5 Å². The van der Waals surface area contributed by atoms with Gasteiger partial charge in [0.05, 0.1) is 6.61 Å². The van der Waals surface area contributed by atoms with Crippen molar-refractivity contribution < 1.29 is 9.47 Å². The largest absolute Gasteiger partial charge is 0.488 e. The average Bonchev–Trinajstić information content (AvgIpc) is 2.45. The van der Waals surface area contributed by atoms with Gasteiger partial charge in [-0.25, -0.2) is 0 Å². The highest BCUT2D eigenvalue weighted by atomic mass is 32.1. The molecule has 0 saturated heterocycles. The molecule has 106 valence electrons. The summed E-state index contributed by atoms with van der Waals surface area (Å²) in [5.74, 6) is 0.827. The van der Waals surface area contributed by atoms with Crippen molar-refractivity contribution in [2.45, 2.75) is 20.0 Å². The van der Waals surface area contributed by atoms with Crippen LogP contribution in [0.25, 0.3) is 10.8 Å². The van der Waals surface area contributed by atoms with Gasteiger partial charge in [-0.3, -0.25) is 0 Å². The molecule has 0 fully saturated rings. The molecule has 0 aliphatic rings. The van der Waals surface area contributed by atoms with Crippen LogP contribution in [0.5, 0.6) is 5.75 Å². The van der Waals surface area contributed by atoms with Gasteiger partial charge < -0.3 is 15.2 Å². The summed E-state index contributed by atoms with van der Waals surface area (Å²) in [6.07, 6.45) is -0.00552. The third-order valence-electron chi connectivity index (χ3n) is 3.03. The van der Waals surface area contributed by atoms with E-state index < -0.39 is 0 Å². The number of ether oxygens (including phenoxy) is 2. The van der Waals surface area contributed by atoms with E-state index >= 15 is 0 Å². The highest BCUT2D eigenvalue weighted by molar-refractivity contribution is 7.80. The van der Waals surface area contributed by atoms with Gasteiger partial charge in [0.15, 0.2) is 0 Å². The number of thiocarbonyl (C=S) groups is 1. The molecule has 0 radical (unpaired) electrons. The summed E-state index contributed by atoms with van der Waals surface area (Å²) in [5, 5.41) is 2.03. The number of fused-ring (bicyclic) bond motifs is 1. The second-order valence-corrected chi connectivity index (χ2v) is 5.05. The molecule has 1 atom stereocenters. The Morgan fingerprint density at radius 3 is 2.55 bits per heavy atom. The van der Waals surface area contributed by atoms with E-state index in [1.54, 1.807) is 0 Å². The van der Waals surface area contributed by atoms with Gasteiger partial charge in [0, 0.05) is 17.6 Å². The predicted molar refractivity (Wildman–Crippen MR) is 86.4 cm³/mol. The van der Waals surface area contributed by atoms with E-state index in [2.05, 4.69) is 0 Å². The maximum Gasteiger partial charge on any atom is 0.127 e. The van der Waals surface area contributed by atoms with Crippen LogP contribution in [0.4, 0.5) is 0 Å². The fourth-order valence-electron chi connectivity index (χ4n) is 2.12. The van der Waals surface area contributed by atoms with Crippen LogP contribution >= 0.6 is 12.2 Å². The Kier molecular flexibility index (Phi) is 4.93. The van der Waals surface area contributed by atoms with E-state index in [1.165, 1.54) is 0 Å². The molecular formula is C16H19NO2S. The molecule has 3 nitrogen and oxygen atoms in total. The lowest BCUT2D eigenvalue weighted by Gasteiger charge is -2.17. The van der Waals surface area contributed by atoms with Gasteiger partial charge in [-0.2, -0.15) is 0 Å². The van der Waals surface area contributed by atoms with Crippen LogP contribution in [0, 0.1) is 0 Å². The van der Waals surface area contributed by atoms with Crippen LogP contribution in [0.2, 0.25) is 0 Å². The molecule has 0 aromatic heterocycles. The van der Waals surface area contributed by atoms with Gasteiger partial charge in [0.2, 0.25) is 0 Å². The Labute approximate surface area is 124 Å². The van der Waals surface area contributed by atoms with Crippen molar-refractivity contribution in [3.63, 3.8) is 0 Å². The van der Waals surface area contributed by atoms with Gasteiger partial charge in [-0.1, -0.05) is 36.5 Å². The summed E-state index contributed by atoms with van der Waals surface area (Å²) in [4.78, 5) is 0.398. The maximum atomic E-state index is 5.96. The van der Waals surface area contributed by atoms with Crippen molar-refractivity contribution >= 4 is 28.0 Å². The van der Waals surface area contributed by atoms with Crippen molar-refractivity contribution in [3.05, 3.63) is 42.0 Å². The summed E-state index contributed by atoms with van der Waals surface area (Å²) in [7, 11) is 0. The summed E-state index contributed by atoms with van der Waals surface area (Å²) >= 11 is 5.09. The van der Waals surface area contributed by atoms with E-state index in [0.29, 0.717) is 18.2 Å².